The summed E-state index contributed by atoms with van der Waals surface area (Å²) >= 11 is 0. The van der Waals surface area contributed by atoms with Crippen molar-refractivity contribution in [2.24, 2.45) is 0 Å². The second-order valence-electron chi connectivity index (χ2n) is 8.00. The molecule has 0 radical (unpaired) electrons. The van der Waals surface area contributed by atoms with Gasteiger partial charge in [-0.3, -0.25) is 19.7 Å². The lowest BCUT2D eigenvalue weighted by Crippen LogP contribution is -2.49. The molecule has 3 rings (SSSR count). The summed E-state index contributed by atoms with van der Waals surface area (Å²) in [4.78, 5) is 41.7. The molecule has 0 spiro atoms. The van der Waals surface area contributed by atoms with E-state index < -0.39 is 4.92 Å². The molecule has 0 bridgehead atoms. The highest BCUT2D eigenvalue weighted by Crippen LogP contribution is 2.21. The Balaban J connectivity index is 1.53. The molecule has 178 valence electrons. The largest absolute Gasteiger partial charge is 0.466 e. The van der Waals surface area contributed by atoms with Crippen LogP contribution >= 0.6 is 0 Å². The Morgan fingerprint density at radius 3 is 2.33 bits per heavy atom. The molecule has 2 amide bonds. The molecule has 1 aliphatic rings. The Morgan fingerprint density at radius 2 is 1.79 bits per heavy atom. The minimum atomic E-state index is -0.421. The first-order valence-electron chi connectivity index (χ1n) is 10.9. The highest BCUT2D eigenvalue weighted by Gasteiger charge is 2.25. The van der Waals surface area contributed by atoms with Crippen LogP contribution in [0.15, 0.2) is 34.7 Å². The first kappa shape index (κ1) is 24.2. The van der Waals surface area contributed by atoms with Crippen LogP contribution < -0.4 is 4.90 Å². The Bertz CT molecular complexity index is 979. The van der Waals surface area contributed by atoms with Crippen molar-refractivity contribution < 1.29 is 23.7 Å². The van der Waals surface area contributed by atoms with Crippen molar-refractivity contribution in [3.63, 3.8) is 0 Å². The number of hydrogen-bond donors (Lipinski definition) is 0. The third-order valence-electron chi connectivity index (χ3n) is 5.78. The van der Waals surface area contributed by atoms with Crippen LogP contribution in [0.4, 0.5) is 11.4 Å². The fourth-order valence-corrected chi connectivity index (χ4v) is 3.92. The van der Waals surface area contributed by atoms with Gasteiger partial charge in [-0.05, 0) is 32.0 Å². The van der Waals surface area contributed by atoms with Gasteiger partial charge < -0.3 is 23.9 Å². The van der Waals surface area contributed by atoms with Crippen molar-refractivity contribution in [1.29, 1.82) is 0 Å². The van der Waals surface area contributed by atoms with Gasteiger partial charge in [-0.25, -0.2) is 0 Å². The lowest BCUT2D eigenvalue weighted by atomic mass is 10.2. The lowest BCUT2D eigenvalue weighted by molar-refractivity contribution is -0.384. The number of benzene rings is 1. The summed E-state index contributed by atoms with van der Waals surface area (Å²) in [7, 11) is 1.57. The normalized spacial score (nSPS) is 13.8. The zero-order valence-corrected chi connectivity index (χ0v) is 19.3. The van der Waals surface area contributed by atoms with E-state index in [4.69, 9.17) is 9.15 Å². The van der Waals surface area contributed by atoms with Crippen LogP contribution in [-0.2, 0) is 9.53 Å². The van der Waals surface area contributed by atoms with E-state index in [0.29, 0.717) is 63.0 Å². The molecule has 1 aromatic heterocycles. The maximum absolute atomic E-state index is 13.0. The molecule has 2 heterocycles. The molecule has 0 N–H and O–H groups in total. The molecule has 0 saturated carbocycles. The van der Waals surface area contributed by atoms with Crippen LogP contribution in [0.2, 0.25) is 0 Å². The molecule has 1 aromatic carbocycles. The SMILES string of the molecule is COCCN(CCC(=O)N1CCN(c2ccc([N+](=O)[O-])cc2)CC1)C(=O)c1cc(C)oc1C. The van der Waals surface area contributed by atoms with Gasteiger partial charge in [-0.15, -0.1) is 0 Å². The number of rotatable bonds is 9. The lowest BCUT2D eigenvalue weighted by Gasteiger charge is -2.36. The highest BCUT2D eigenvalue weighted by atomic mass is 16.6. The average Bonchev–Trinajstić information content (AvgIpc) is 3.16. The second-order valence-corrected chi connectivity index (χ2v) is 8.00. The number of hydrogen-bond acceptors (Lipinski definition) is 7. The number of aryl methyl sites for hydroxylation is 2. The molecule has 1 aliphatic heterocycles. The molecule has 0 atom stereocenters. The van der Waals surface area contributed by atoms with E-state index in [1.165, 1.54) is 12.1 Å². The van der Waals surface area contributed by atoms with Crippen molar-refractivity contribution >= 4 is 23.2 Å². The monoisotopic (exact) mass is 458 g/mol. The van der Waals surface area contributed by atoms with E-state index in [1.54, 1.807) is 49.0 Å². The molecule has 2 aromatic rings. The molecular weight excluding hydrogens is 428 g/mol. The zero-order valence-electron chi connectivity index (χ0n) is 19.3. The predicted molar refractivity (Wildman–Crippen MR) is 122 cm³/mol. The third kappa shape index (κ3) is 6.10. The van der Waals surface area contributed by atoms with Gasteiger partial charge in [0.15, 0.2) is 0 Å². The minimum absolute atomic E-state index is 0.00587. The molecule has 0 aliphatic carbocycles. The Labute approximate surface area is 192 Å². The highest BCUT2D eigenvalue weighted by molar-refractivity contribution is 5.95. The molecule has 33 heavy (non-hydrogen) atoms. The van der Waals surface area contributed by atoms with E-state index in [2.05, 4.69) is 4.90 Å². The van der Waals surface area contributed by atoms with E-state index >= 15 is 0 Å². The topological polar surface area (TPSA) is 109 Å². The maximum Gasteiger partial charge on any atom is 0.269 e. The van der Waals surface area contributed by atoms with Gasteiger partial charge in [0.05, 0.1) is 17.1 Å². The molecular formula is C23H30N4O6. The predicted octanol–water partition coefficient (Wildman–Crippen LogP) is 2.63. The number of carbonyl (C=O) groups excluding carboxylic acids is 2. The van der Waals surface area contributed by atoms with Crippen LogP contribution in [0.1, 0.15) is 28.3 Å². The number of non-ortho nitro benzene ring substituents is 1. The molecule has 1 saturated heterocycles. The van der Waals surface area contributed by atoms with Crippen molar-refractivity contribution in [3.8, 4) is 0 Å². The number of anilines is 1. The number of nitro groups is 1. The number of nitrogens with zero attached hydrogens (tertiary/aromatic N) is 4. The van der Waals surface area contributed by atoms with E-state index in [9.17, 15) is 19.7 Å². The third-order valence-corrected chi connectivity index (χ3v) is 5.78. The first-order valence-corrected chi connectivity index (χ1v) is 10.9. The first-order chi connectivity index (χ1) is 15.8. The van der Waals surface area contributed by atoms with E-state index in [1.807, 2.05) is 0 Å². The van der Waals surface area contributed by atoms with Crippen LogP contribution in [0.3, 0.4) is 0 Å². The Morgan fingerprint density at radius 1 is 1.12 bits per heavy atom. The summed E-state index contributed by atoms with van der Waals surface area (Å²) in [6.07, 6.45) is 0.225. The number of piperazine rings is 1. The minimum Gasteiger partial charge on any atom is -0.466 e. The summed E-state index contributed by atoms with van der Waals surface area (Å²) in [5.74, 6) is 1.06. The molecule has 0 unspecified atom stereocenters. The van der Waals surface area contributed by atoms with Gasteiger partial charge in [0.1, 0.15) is 11.5 Å². The van der Waals surface area contributed by atoms with Gasteiger partial charge in [-0.2, -0.15) is 0 Å². The number of methoxy groups -OCH3 is 1. The van der Waals surface area contributed by atoms with Gasteiger partial charge >= 0.3 is 0 Å². The Hall–Kier alpha value is -3.40. The number of ether oxygens (including phenoxy) is 1. The Kier molecular flexibility index (Phi) is 8.05. The van der Waals surface area contributed by atoms with E-state index in [-0.39, 0.29) is 23.9 Å². The summed E-state index contributed by atoms with van der Waals surface area (Å²) < 4.78 is 10.6. The molecule has 10 nitrogen and oxygen atoms in total. The summed E-state index contributed by atoms with van der Waals surface area (Å²) in [6.45, 7) is 7.01. The fourth-order valence-electron chi connectivity index (χ4n) is 3.92. The van der Waals surface area contributed by atoms with Gasteiger partial charge in [-0.1, -0.05) is 0 Å². The van der Waals surface area contributed by atoms with E-state index in [0.717, 1.165) is 5.69 Å². The molecule has 1 fully saturated rings. The van der Waals surface area contributed by atoms with Gasteiger partial charge in [0, 0.05) is 70.6 Å². The zero-order chi connectivity index (χ0) is 24.0. The van der Waals surface area contributed by atoms with Crippen molar-refractivity contribution in [1.82, 2.24) is 9.80 Å². The van der Waals surface area contributed by atoms with Crippen LogP contribution in [-0.4, -0.2) is 79.5 Å². The summed E-state index contributed by atoms with van der Waals surface area (Å²) in [6, 6.07) is 8.16. The number of carbonyl (C=O) groups is 2. The number of amides is 2. The van der Waals surface area contributed by atoms with Gasteiger partial charge in [0.25, 0.3) is 11.6 Å². The average molecular weight is 459 g/mol. The second kappa shape index (κ2) is 11.0. The van der Waals surface area contributed by atoms with Crippen molar-refractivity contribution in [2.75, 3.05) is 57.9 Å². The summed E-state index contributed by atoms with van der Waals surface area (Å²) in [5.41, 5.74) is 1.46. The van der Waals surface area contributed by atoms with Crippen molar-refractivity contribution in [3.05, 3.63) is 57.5 Å². The van der Waals surface area contributed by atoms with Crippen LogP contribution in [0, 0.1) is 24.0 Å². The number of furan rings is 1. The smallest absolute Gasteiger partial charge is 0.269 e. The quantitative estimate of drug-likeness (QED) is 0.420. The number of nitro benzene ring substituents is 1. The summed E-state index contributed by atoms with van der Waals surface area (Å²) in [5, 5.41) is 10.8. The maximum atomic E-state index is 13.0. The molecule has 10 heteroatoms. The van der Waals surface area contributed by atoms with Crippen LogP contribution in [0.25, 0.3) is 0 Å². The standard InChI is InChI=1S/C23H30N4O6/c1-17-16-21(18(2)33-17)23(29)26(14-15-32-3)9-8-22(28)25-12-10-24(11-13-25)19-4-6-20(7-5-19)27(30)31/h4-7,16H,8-15H2,1-3H3. The van der Waals surface area contributed by atoms with Gasteiger partial charge in [0.2, 0.25) is 5.91 Å². The fraction of sp³-hybridized carbons (Fsp3) is 0.478. The van der Waals surface area contributed by atoms with Crippen molar-refractivity contribution in [2.45, 2.75) is 20.3 Å². The van der Waals surface area contributed by atoms with Crippen LogP contribution in [0.5, 0.6) is 0 Å².